The highest BCUT2D eigenvalue weighted by Gasteiger charge is 2.17. The highest BCUT2D eigenvalue weighted by atomic mass is 79.9. The van der Waals surface area contributed by atoms with Gasteiger partial charge < -0.3 is 5.11 Å². The van der Waals surface area contributed by atoms with Crippen molar-refractivity contribution in [3.05, 3.63) is 68.9 Å². The van der Waals surface area contributed by atoms with E-state index in [0.29, 0.717) is 11.1 Å². The van der Waals surface area contributed by atoms with Gasteiger partial charge in [0.25, 0.3) is 0 Å². The van der Waals surface area contributed by atoms with E-state index >= 15 is 0 Å². The molecule has 0 aliphatic heterocycles. The summed E-state index contributed by atoms with van der Waals surface area (Å²) in [6.07, 6.45) is -0.925. The lowest BCUT2D eigenvalue weighted by Gasteiger charge is -2.14. The molecule has 1 N–H and O–H groups in total. The summed E-state index contributed by atoms with van der Waals surface area (Å²) >= 11 is 8.92. The number of benzene rings is 2. The summed E-state index contributed by atoms with van der Waals surface area (Å²) in [7, 11) is 0. The standard InChI is InChI=1S/C13H9BrClFO/c14-10-7-6-9(11(15)12(10)16)13(17)8-4-2-1-3-5-8/h1-7,13,17H. The van der Waals surface area contributed by atoms with Crippen molar-refractivity contribution in [2.24, 2.45) is 0 Å². The fourth-order valence-corrected chi connectivity index (χ4v) is 2.28. The molecule has 2 aromatic rings. The van der Waals surface area contributed by atoms with Gasteiger partial charge in [0.05, 0.1) is 9.50 Å². The summed E-state index contributed by atoms with van der Waals surface area (Å²) in [6.45, 7) is 0. The Morgan fingerprint density at radius 3 is 2.41 bits per heavy atom. The fourth-order valence-electron chi connectivity index (χ4n) is 1.57. The molecular weight excluding hydrogens is 306 g/mol. The van der Waals surface area contributed by atoms with Crippen molar-refractivity contribution >= 4 is 27.5 Å². The van der Waals surface area contributed by atoms with Crippen molar-refractivity contribution in [3.8, 4) is 0 Å². The van der Waals surface area contributed by atoms with E-state index in [0.717, 1.165) is 0 Å². The van der Waals surface area contributed by atoms with Crippen molar-refractivity contribution in [2.75, 3.05) is 0 Å². The van der Waals surface area contributed by atoms with E-state index in [-0.39, 0.29) is 9.50 Å². The third-order valence-electron chi connectivity index (χ3n) is 2.47. The molecule has 0 spiro atoms. The smallest absolute Gasteiger partial charge is 0.156 e. The second-order valence-corrected chi connectivity index (χ2v) is 4.81. The molecule has 4 heteroatoms. The van der Waals surface area contributed by atoms with E-state index in [1.54, 1.807) is 18.2 Å². The Morgan fingerprint density at radius 1 is 1.12 bits per heavy atom. The summed E-state index contributed by atoms with van der Waals surface area (Å²) < 4.78 is 13.9. The second-order valence-electron chi connectivity index (χ2n) is 3.58. The van der Waals surface area contributed by atoms with Gasteiger partial charge >= 0.3 is 0 Å². The Balaban J connectivity index is 2.45. The maximum Gasteiger partial charge on any atom is 0.156 e. The molecule has 0 saturated carbocycles. The minimum atomic E-state index is -0.925. The van der Waals surface area contributed by atoms with Gasteiger partial charge in [0.1, 0.15) is 6.10 Å². The lowest BCUT2D eigenvalue weighted by molar-refractivity contribution is 0.220. The fraction of sp³-hybridized carbons (Fsp3) is 0.0769. The van der Waals surface area contributed by atoms with Crippen LogP contribution in [0.5, 0.6) is 0 Å². The highest BCUT2D eigenvalue weighted by molar-refractivity contribution is 9.10. The topological polar surface area (TPSA) is 20.2 Å². The average molecular weight is 316 g/mol. The van der Waals surface area contributed by atoms with Gasteiger partial charge in [-0.25, -0.2) is 4.39 Å². The van der Waals surface area contributed by atoms with Gasteiger partial charge in [-0.15, -0.1) is 0 Å². The Bertz CT molecular complexity index is 530. The molecule has 0 amide bonds. The zero-order valence-corrected chi connectivity index (χ0v) is 11.0. The van der Waals surface area contributed by atoms with Crippen LogP contribution < -0.4 is 0 Å². The maximum atomic E-state index is 13.6. The molecule has 0 bridgehead atoms. The molecule has 0 aliphatic carbocycles. The van der Waals surface area contributed by atoms with Gasteiger partial charge in [0, 0.05) is 5.56 Å². The monoisotopic (exact) mass is 314 g/mol. The number of hydrogen-bond acceptors (Lipinski definition) is 1. The van der Waals surface area contributed by atoms with Gasteiger partial charge in [0.2, 0.25) is 0 Å². The first-order valence-electron chi connectivity index (χ1n) is 4.97. The minimum absolute atomic E-state index is 0.0595. The quantitative estimate of drug-likeness (QED) is 0.818. The number of rotatable bonds is 2. The molecule has 1 unspecified atom stereocenters. The van der Waals surface area contributed by atoms with Gasteiger partial charge in [-0.2, -0.15) is 0 Å². The van der Waals surface area contributed by atoms with Gasteiger partial charge in [-0.3, -0.25) is 0 Å². The largest absolute Gasteiger partial charge is 0.384 e. The lowest BCUT2D eigenvalue weighted by Crippen LogP contribution is -2.01. The molecular formula is C13H9BrClFO. The zero-order chi connectivity index (χ0) is 12.4. The predicted octanol–water partition coefficient (Wildman–Crippen LogP) is 4.32. The minimum Gasteiger partial charge on any atom is -0.384 e. The maximum absolute atomic E-state index is 13.6. The number of aliphatic hydroxyl groups is 1. The molecule has 0 saturated heterocycles. The van der Waals surface area contributed by atoms with Gasteiger partial charge in [-0.1, -0.05) is 48.0 Å². The molecule has 0 heterocycles. The Morgan fingerprint density at radius 2 is 1.76 bits per heavy atom. The van der Waals surface area contributed by atoms with E-state index in [9.17, 15) is 9.50 Å². The van der Waals surface area contributed by atoms with Crippen LogP contribution in [0.1, 0.15) is 17.2 Å². The van der Waals surface area contributed by atoms with E-state index in [2.05, 4.69) is 15.9 Å². The first kappa shape index (κ1) is 12.6. The summed E-state index contributed by atoms with van der Waals surface area (Å²) in [5.41, 5.74) is 1.04. The Hall–Kier alpha value is -0.900. The van der Waals surface area contributed by atoms with Crippen molar-refractivity contribution < 1.29 is 9.50 Å². The van der Waals surface area contributed by atoms with E-state index in [1.165, 1.54) is 6.07 Å². The molecule has 1 atom stereocenters. The molecule has 2 rings (SSSR count). The molecule has 2 aromatic carbocycles. The summed E-state index contributed by atoms with van der Waals surface area (Å²) in [5, 5.41) is 10.1. The van der Waals surface area contributed by atoms with Crippen LogP contribution >= 0.6 is 27.5 Å². The average Bonchev–Trinajstić information content (AvgIpc) is 2.36. The van der Waals surface area contributed by atoms with Crippen molar-refractivity contribution in [1.29, 1.82) is 0 Å². The van der Waals surface area contributed by atoms with Crippen molar-refractivity contribution in [1.82, 2.24) is 0 Å². The molecule has 0 radical (unpaired) electrons. The Kier molecular flexibility index (Phi) is 3.82. The van der Waals surface area contributed by atoms with Crippen LogP contribution in [0.3, 0.4) is 0 Å². The van der Waals surface area contributed by atoms with Crippen LogP contribution in [0, 0.1) is 5.82 Å². The summed E-state index contributed by atoms with van der Waals surface area (Å²) in [5.74, 6) is -0.556. The Labute approximate surface area is 112 Å². The first-order valence-corrected chi connectivity index (χ1v) is 6.14. The van der Waals surface area contributed by atoms with Gasteiger partial charge in [0.15, 0.2) is 5.82 Å². The number of hydrogen-bond donors (Lipinski definition) is 1. The van der Waals surface area contributed by atoms with Crippen molar-refractivity contribution in [3.63, 3.8) is 0 Å². The van der Waals surface area contributed by atoms with E-state index in [4.69, 9.17) is 11.6 Å². The first-order chi connectivity index (χ1) is 8.11. The van der Waals surface area contributed by atoms with E-state index < -0.39 is 11.9 Å². The van der Waals surface area contributed by atoms with Crippen LogP contribution in [0.15, 0.2) is 46.9 Å². The van der Waals surface area contributed by atoms with Crippen LogP contribution in [0.2, 0.25) is 5.02 Å². The third-order valence-corrected chi connectivity index (χ3v) is 3.47. The molecule has 88 valence electrons. The van der Waals surface area contributed by atoms with Crippen LogP contribution in [0.4, 0.5) is 4.39 Å². The molecule has 0 aromatic heterocycles. The van der Waals surface area contributed by atoms with Crippen molar-refractivity contribution in [2.45, 2.75) is 6.10 Å². The second kappa shape index (κ2) is 5.17. The van der Waals surface area contributed by atoms with Gasteiger partial charge in [-0.05, 0) is 27.6 Å². The summed E-state index contributed by atoms with van der Waals surface area (Å²) in [6, 6.07) is 12.1. The van der Waals surface area contributed by atoms with Crippen LogP contribution in [0.25, 0.3) is 0 Å². The molecule has 17 heavy (non-hydrogen) atoms. The lowest BCUT2D eigenvalue weighted by atomic mass is 10.0. The number of halogens is 3. The van der Waals surface area contributed by atoms with Crippen LogP contribution in [-0.4, -0.2) is 5.11 Å². The van der Waals surface area contributed by atoms with Crippen LogP contribution in [-0.2, 0) is 0 Å². The highest BCUT2D eigenvalue weighted by Crippen LogP contribution is 2.33. The summed E-state index contributed by atoms with van der Waals surface area (Å²) in [4.78, 5) is 0. The van der Waals surface area contributed by atoms with E-state index in [1.807, 2.05) is 18.2 Å². The predicted molar refractivity (Wildman–Crippen MR) is 69.6 cm³/mol. The molecule has 0 fully saturated rings. The normalized spacial score (nSPS) is 12.5. The number of aliphatic hydroxyl groups excluding tert-OH is 1. The molecule has 0 aliphatic rings. The third kappa shape index (κ3) is 2.51. The SMILES string of the molecule is OC(c1ccccc1)c1ccc(Br)c(F)c1Cl. The molecule has 1 nitrogen and oxygen atoms in total. The zero-order valence-electron chi connectivity index (χ0n) is 8.70.